The summed E-state index contributed by atoms with van der Waals surface area (Å²) in [5.41, 5.74) is 0. The van der Waals surface area contributed by atoms with Crippen LogP contribution in [0.4, 0.5) is 0 Å². The number of nitrogens with zero attached hydrogens (tertiary/aromatic N) is 1. The summed E-state index contributed by atoms with van der Waals surface area (Å²) in [6, 6.07) is 0. The van der Waals surface area contributed by atoms with Gasteiger partial charge in [0.15, 0.2) is 0 Å². The highest BCUT2D eigenvalue weighted by Crippen LogP contribution is 2.16. The Morgan fingerprint density at radius 1 is 1.15 bits per heavy atom. The smallest absolute Gasteiger partial charge is 0.254 e. The molecule has 0 aliphatic carbocycles. The normalized spacial score (nSPS) is 20.2. The molecule has 0 aromatic heterocycles. The number of hydrogen-bond donors (Lipinski definition) is 0. The first-order valence-corrected chi connectivity index (χ1v) is 4.55. The number of imide groups is 1. The highest BCUT2D eigenvalue weighted by Gasteiger charge is 2.31. The molecule has 1 aliphatic rings. The number of carbonyl (C=O) groups is 2. The second kappa shape index (κ2) is 3.87. The zero-order valence-corrected chi connectivity index (χ0v) is 8.24. The third-order valence-corrected chi connectivity index (χ3v) is 2.22. The summed E-state index contributed by atoms with van der Waals surface area (Å²) < 4.78 is 0. The molecule has 1 saturated heterocycles. The van der Waals surface area contributed by atoms with Gasteiger partial charge in [0.1, 0.15) is 0 Å². The van der Waals surface area contributed by atoms with Crippen molar-refractivity contribution in [2.45, 2.75) is 39.7 Å². The van der Waals surface area contributed by atoms with Gasteiger partial charge in [0.25, 0.3) is 11.8 Å². The molecule has 0 aromatic rings. The van der Waals surface area contributed by atoms with Gasteiger partial charge in [-0.05, 0) is 12.8 Å². The maximum atomic E-state index is 11.1. The van der Waals surface area contributed by atoms with Gasteiger partial charge in [-0.1, -0.05) is 13.8 Å². The molecule has 74 valence electrons. The third kappa shape index (κ3) is 2.28. The van der Waals surface area contributed by atoms with Gasteiger partial charge >= 0.3 is 0 Å². The van der Waals surface area contributed by atoms with Gasteiger partial charge in [0.2, 0.25) is 0 Å². The van der Waals surface area contributed by atoms with E-state index in [4.69, 9.17) is 4.84 Å². The number of amides is 2. The van der Waals surface area contributed by atoms with Crippen molar-refractivity contribution in [2.24, 2.45) is 5.92 Å². The highest BCUT2D eigenvalue weighted by molar-refractivity contribution is 6.00. The molecule has 1 fully saturated rings. The Kier molecular flexibility index (Phi) is 3.03. The molecule has 4 nitrogen and oxygen atoms in total. The first-order chi connectivity index (χ1) is 6.02. The second-order valence-corrected chi connectivity index (χ2v) is 3.64. The van der Waals surface area contributed by atoms with E-state index in [9.17, 15) is 9.59 Å². The summed E-state index contributed by atoms with van der Waals surface area (Å²) >= 11 is 0. The molecule has 1 atom stereocenters. The molecule has 0 N–H and O–H groups in total. The van der Waals surface area contributed by atoms with Gasteiger partial charge in [0, 0.05) is 12.8 Å². The lowest BCUT2D eigenvalue weighted by Crippen LogP contribution is -2.34. The van der Waals surface area contributed by atoms with Gasteiger partial charge < -0.3 is 0 Å². The Balaban J connectivity index is 2.52. The van der Waals surface area contributed by atoms with Gasteiger partial charge in [0.05, 0.1) is 6.10 Å². The fourth-order valence-corrected chi connectivity index (χ4v) is 0.962. The lowest BCUT2D eigenvalue weighted by molar-refractivity contribution is -0.205. The lowest BCUT2D eigenvalue weighted by atomic mass is 10.1. The standard InChI is InChI=1S/C9H15NO3/c1-6(2)7(3)13-10-8(11)4-5-9(10)12/h6-7H,4-5H2,1-3H3. The number of hydrogen-bond acceptors (Lipinski definition) is 3. The summed E-state index contributed by atoms with van der Waals surface area (Å²) in [4.78, 5) is 27.5. The molecular formula is C9H15NO3. The van der Waals surface area contributed by atoms with Crippen molar-refractivity contribution in [1.29, 1.82) is 0 Å². The summed E-state index contributed by atoms with van der Waals surface area (Å²) in [5, 5.41) is 0.907. The van der Waals surface area contributed by atoms with E-state index in [2.05, 4.69) is 0 Å². The third-order valence-electron chi connectivity index (χ3n) is 2.22. The van der Waals surface area contributed by atoms with Crippen LogP contribution in [0.1, 0.15) is 33.6 Å². The fraction of sp³-hybridized carbons (Fsp3) is 0.778. The summed E-state index contributed by atoms with van der Waals surface area (Å²) in [6.45, 7) is 5.81. The maximum absolute atomic E-state index is 11.1. The van der Waals surface area contributed by atoms with E-state index < -0.39 is 0 Å². The average molecular weight is 185 g/mol. The van der Waals surface area contributed by atoms with Crippen LogP contribution in [0.25, 0.3) is 0 Å². The summed E-state index contributed by atoms with van der Waals surface area (Å²) in [7, 11) is 0. The lowest BCUT2D eigenvalue weighted by Gasteiger charge is -2.21. The van der Waals surface area contributed by atoms with Crippen molar-refractivity contribution in [2.75, 3.05) is 0 Å². The quantitative estimate of drug-likeness (QED) is 0.619. The zero-order valence-electron chi connectivity index (χ0n) is 8.24. The molecule has 0 radical (unpaired) electrons. The first kappa shape index (κ1) is 10.2. The summed E-state index contributed by atoms with van der Waals surface area (Å²) in [6.07, 6.45) is 0.457. The Morgan fingerprint density at radius 3 is 2.00 bits per heavy atom. The molecule has 1 heterocycles. The van der Waals surface area contributed by atoms with Crippen LogP contribution in [0.15, 0.2) is 0 Å². The van der Waals surface area contributed by atoms with E-state index in [0.717, 1.165) is 5.06 Å². The molecule has 0 saturated carbocycles. The summed E-state index contributed by atoms with van der Waals surface area (Å²) in [5.74, 6) is -0.156. The molecule has 0 aromatic carbocycles. The van der Waals surface area contributed by atoms with Gasteiger partial charge in [-0.2, -0.15) is 5.06 Å². The Labute approximate surface area is 77.8 Å². The van der Waals surface area contributed by atoms with Crippen molar-refractivity contribution in [3.05, 3.63) is 0 Å². The fourth-order valence-electron chi connectivity index (χ4n) is 0.962. The van der Waals surface area contributed by atoms with Crippen LogP contribution in [0.5, 0.6) is 0 Å². The van der Waals surface area contributed by atoms with Gasteiger partial charge in [-0.25, -0.2) is 0 Å². The molecule has 0 bridgehead atoms. The largest absolute Gasteiger partial charge is 0.272 e. The van der Waals surface area contributed by atoms with E-state index in [-0.39, 0.29) is 30.8 Å². The maximum Gasteiger partial charge on any atom is 0.254 e. The van der Waals surface area contributed by atoms with Crippen molar-refractivity contribution in [3.8, 4) is 0 Å². The Morgan fingerprint density at radius 2 is 1.62 bits per heavy atom. The second-order valence-electron chi connectivity index (χ2n) is 3.64. The van der Waals surface area contributed by atoms with E-state index in [0.29, 0.717) is 5.92 Å². The van der Waals surface area contributed by atoms with Crippen LogP contribution in [0, 0.1) is 5.92 Å². The van der Waals surface area contributed by atoms with Crippen LogP contribution in [0.2, 0.25) is 0 Å². The van der Waals surface area contributed by atoms with Crippen molar-refractivity contribution >= 4 is 11.8 Å². The Hall–Kier alpha value is -0.900. The number of rotatable bonds is 3. The molecule has 1 rings (SSSR count). The van der Waals surface area contributed by atoms with Crippen LogP contribution >= 0.6 is 0 Å². The SMILES string of the molecule is CC(C)C(C)ON1C(=O)CCC1=O. The van der Waals surface area contributed by atoms with Crippen LogP contribution in [-0.2, 0) is 14.4 Å². The molecule has 1 unspecified atom stereocenters. The number of carbonyl (C=O) groups excluding carboxylic acids is 2. The van der Waals surface area contributed by atoms with Crippen LogP contribution in [0.3, 0.4) is 0 Å². The minimum Gasteiger partial charge on any atom is -0.272 e. The van der Waals surface area contributed by atoms with Crippen molar-refractivity contribution in [3.63, 3.8) is 0 Å². The predicted molar refractivity (Wildman–Crippen MR) is 46.5 cm³/mol. The monoisotopic (exact) mass is 185 g/mol. The molecular weight excluding hydrogens is 170 g/mol. The first-order valence-electron chi connectivity index (χ1n) is 4.55. The molecule has 1 aliphatic heterocycles. The van der Waals surface area contributed by atoms with E-state index in [1.165, 1.54) is 0 Å². The minimum atomic E-state index is -0.225. The van der Waals surface area contributed by atoms with Gasteiger partial charge in [-0.3, -0.25) is 14.4 Å². The minimum absolute atomic E-state index is 0.106. The number of hydroxylamine groups is 2. The molecule has 4 heteroatoms. The van der Waals surface area contributed by atoms with E-state index in [1.807, 2.05) is 20.8 Å². The van der Waals surface area contributed by atoms with E-state index in [1.54, 1.807) is 0 Å². The van der Waals surface area contributed by atoms with E-state index >= 15 is 0 Å². The molecule has 13 heavy (non-hydrogen) atoms. The van der Waals surface area contributed by atoms with Crippen molar-refractivity contribution < 1.29 is 14.4 Å². The Bertz CT molecular complexity index is 209. The van der Waals surface area contributed by atoms with Crippen molar-refractivity contribution in [1.82, 2.24) is 5.06 Å². The average Bonchev–Trinajstić information content (AvgIpc) is 2.35. The van der Waals surface area contributed by atoms with Gasteiger partial charge in [-0.15, -0.1) is 0 Å². The van der Waals surface area contributed by atoms with Crippen LogP contribution < -0.4 is 0 Å². The highest BCUT2D eigenvalue weighted by atomic mass is 16.7. The predicted octanol–water partition coefficient (Wildman–Crippen LogP) is 1.11. The molecule has 0 spiro atoms. The van der Waals surface area contributed by atoms with Crippen LogP contribution in [-0.4, -0.2) is 23.0 Å². The topological polar surface area (TPSA) is 46.6 Å². The zero-order chi connectivity index (χ0) is 10.0. The molecule has 2 amide bonds.